The summed E-state index contributed by atoms with van der Waals surface area (Å²) in [4.78, 5) is 15.4. The fraction of sp³-hybridized carbons (Fsp3) is 0.204. The van der Waals surface area contributed by atoms with Gasteiger partial charge in [-0.25, -0.2) is 15.0 Å². The number of thiophene rings is 1. The van der Waals surface area contributed by atoms with Crippen LogP contribution in [-0.2, 0) is 5.41 Å². The summed E-state index contributed by atoms with van der Waals surface area (Å²) in [5, 5.41) is 4.80. The van der Waals surface area contributed by atoms with E-state index in [0.29, 0.717) is 17.5 Å². The summed E-state index contributed by atoms with van der Waals surface area (Å²) < 4.78 is 9.10. The summed E-state index contributed by atoms with van der Waals surface area (Å²) in [7, 11) is 0. The molecule has 6 aromatic carbocycles. The van der Waals surface area contributed by atoms with Gasteiger partial charge in [0.25, 0.3) is 0 Å². The van der Waals surface area contributed by atoms with Crippen LogP contribution in [0.4, 0.5) is 0 Å². The van der Waals surface area contributed by atoms with E-state index in [0.717, 1.165) is 62.3 Å². The van der Waals surface area contributed by atoms with Gasteiger partial charge < -0.3 is 4.42 Å². The van der Waals surface area contributed by atoms with Crippen molar-refractivity contribution in [1.29, 1.82) is 0 Å². The zero-order valence-corrected chi connectivity index (χ0v) is 30.4. The number of nitrogens with zero attached hydrogens (tertiary/aromatic N) is 3. The average molecular weight is 714 g/mol. The van der Waals surface area contributed by atoms with Gasteiger partial charge in [-0.1, -0.05) is 97.1 Å². The van der Waals surface area contributed by atoms with Crippen molar-refractivity contribution in [3.63, 3.8) is 0 Å². The van der Waals surface area contributed by atoms with Gasteiger partial charge in [0.05, 0.1) is 5.56 Å². The van der Waals surface area contributed by atoms with Gasteiger partial charge in [-0.15, -0.1) is 11.3 Å². The summed E-state index contributed by atoms with van der Waals surface area (Å²) in [5.41, 5.74) is 10.8. The quantitative estimate of drug-likeness (QED) is 0.183. The van der Waals surface area contributed by atoms with Crippen molar-refractivity contribution in [1.82, 2.24) is 15.0 Å². The Kier molecular flexibility index (Phi) is 5.92. The monoisotopic (exact) mass is 713 g/mol. The Morgan fingerprint density at radius 2 is 1.17 bits per heavy atom. The summed E-state index contributed by atoms with van der Waals surface area (Å²) in [6.07, 6.45) is 7.08. The third-order valence-corrected chi connectivity index (χ3v) is 14.8. The van der Waals surface area contributed by atoms with Crippen molar-refractivity contribution >= 4 is 53.4 Å². The van der Waals surface area contributed by atoms with E-state index >= 15 is 0 Å². The molecule has 5 heteroatoms. The molecule has 0 amide bonds. The summed E-state index contributed by atoms with van der Waals surface area (Å²) in [6.45, 7) is 0. The standard InChI is InChI=1S/C49H35N3OS/c1-2-9-29(10-3-1)46-50-47(52-48(51-46)37-14-8-13-36-34-12-5-7-16-42(34)53-45(36)37)30-17-18-35-39-25-38-33-11-4-6-15-40(33)49(41(38)26-44(39)54-43(35)24-30)31-20-27-19-28(22-31)23-32(49)21-27/h1-18,24-28,31-32H,19-23H2. The maximum absolute atomic E-state index is 6.45. The van der Waals surface area contributed by atoms with Gasteiger partial charge >= 0.3 is 0 Å². The normalized spacial score (nSPS) is 23.6. The Balaban J connectivity index is 0.987. The minimum atomic E-state index is 0.173. The van der Waals surface area contributed by atoms with Gasteiger partial charge in [0, 0.05) is 47.5 Å². The molecule has 1 spiro atoms. The molecule has 0 unspecified atom stereocenters. The van der Waals surface area contributed by atoms with Crippen LogP contribution in [-0.4, -0.2) is 15.0 Å². The Labute approximate surface area is 316 Å². The molecular formula is C49H35N3OS. The molecule has 0 N–H and O–H groups in total. The molecule has 3 heterocycles. The molecule has 0 radical (unpaired) electrons. The maximum Gasteiger partial charge on any atom is 0.167 e. The first-order valence-corrected chi connectivity index (χ1v) is 20.3. The molecule has 4 nitrogen and oxygen atoms in total. The molecule has 5 aliphatic rings. The lowest BCUT2D eigenvalue weighted by Crippen LogP contribution is -2.55. The fourth-order valence-corrected chi connectivity index (χ4v) is 13.0. The van der Waals surface area contributed by atoms with Gasteiger partial charge in [-0.05, 0) is 108 Å². The van der Waals surface area contributed by atoms with Crippen LogP contribution in [0.25, 0.3) is 87.4 Å². The van der Waals surface area contributed by atoms with Crippen LogP contribution < -0.4 is 0 Å². The van der Waals surface area contributed by atoms with E-state index < -0.39 is 0 Å². The predicted molar refractivity (Wildman–Crippen MR) is 220 cm³/mol. The van der Waals surface area contributed by atoms with Crippen molar-refractivity contribution in [3.05, 3.63) is 139 Å². The highest BCUT2D eigenvalue weighted by atomic mass is 32.1. The van der Waals surface area contributed by atoms with Crippen molar-refractivity contribution in [3.8, 4) is 45.3 Å². The number of para-hydroxylation sites is 2. The van der Waals surface area contributed by atoms with Gasteiger partial charge in [-0.3, -0.25) is 0 Å². The van der Waals surface area contributed by atoms with Crippen LogP contribution in [0.2, 0.25) is 0 Å². The molecule has 258 valence electrons. The number of aromatic nitrogens is 3. The highest BCUT2D eigenvalue weighted by Gasteiger charge is 2.61. The minimum Gasteiger partial charge on any atom is -0.455 e. The van der Waals surface area contributed by atoms with Gasteiger partial charge in [0.15, 0.2) is 17.5 Å². The zero-order valence-electron chi connectivity index (χ0n) is 29.6. The number of rotatable bonds is 3. The third kappa shape index (κ3) is 3.95. The molecule has 0 atom stereocenters. The van der Waals surface area contributed by atoms with E-state index in [1.807, 2.05) is 41.7 Å². The van der Waals surface area contributed by atoms with E-state index in [9.17, 15) is 0 Å². The Morgan fingerprint density at radius 3 is 2.02 bits per heavy atom. The van der Waals surface area contributed by atoms with E-state index in [-0.39, 0.29) is 5.41 Å². The molecule has 14 rings (SSSR count). The van der Waals surface area contributed by atoms with Crippen molar-refractivity contribution < 1.29 is 4.42 Å². The molecule has 4 fully saturated rings. The maximum atomic E-state index is 6.45. The highest BCUT2D eigenvalue weighted by Crippen LogP contribution is 2.69. The first-order chi connectivity index (χ1) is 26.7. The molecule has 3 aromatic heterocycles. The lowest BCUT2D eigenvalue weighted by molar-refractivity contribution is -0.0398. The molecule has 5 aliphatic carbocycles. The number of benzene rings is 6. The SMILES string of the molecule is c1ccc(-c2nc(-c3ccc4c(c3)sc3cc5c(cc34)-c3ccccc3C53C4CC5CC(C4)CC3C5)nc(-c3cccc4c3oc3ccccc34)n2)cc1. The molecule has 4 saturated carbocycles. The van der Waals surface area contributed by atoms with E-state index in [1.54, 1.807) is 11.1 Å². The van der Waals surface area contributed by atoms with E-state index in [1.165, 1.54) is 63.4 Å². The Bertz CT molecular complexity index is 3000. The number of furan rings is 1. The average Bonchev–Trinajstić information content (AvgIpc) is 3.87. The van der Waals surface area contributed by atoms with Crippen molar-refractivity contribution in [2.75, 3.05) is 0 Å². The Hall–Kier alpha value is -5.65. The Morgan fingerprint density at radius 1 is 0.481 bits per heavy atom. The molecule has 54 heavy (non-hydrogen) atoms. The second-order valence-corrected chi connectivity index (χ2v) is 17.5. The van der Waals surface area contributed by atoms with Crippen LogP contribution >= 0.6 is 11.3 Å². The highest BCUT2D eigenvalue weighted by molar-refractivity contribution is 7.25. The van der Waals surface area contributed by atoms with E-state index in [2.05, 4.69) is 97.1 Å². The topological polar surface area (TPSA) is 51.8 Å². The predicted octanol–water partition coefficient (Wildman–Crippen LogP) is 12.9. The summed E-state index contributed by atoms with van der Waals surface area (Å²) >= 11 is 1.92. The first kappa shape index (κ1) is 29.8. The molecule has 4 bridgehead atoms. The molecule has 0 aliphatic heterocycles. The van der Waals surface area contributed by atoms with Crippen LogP contribution in [0.3, 0.4) is 0 Å². The van der Waals surface area contributed by atoms with Crippen LogP contribution in [0.5, 0.6) is 0 Å². The summed E-state index contributed by atoms with van der Waals surface area (Å²) in [5.74, 6) is 5.31. The van der Waals surface area contributed by atoms with Gasteiger partial charge in [0.2, 0.25) is 0 Å². The van der Waals surface area contributed by atoms with Crippen LogP contribution in [0.1, 0.15) is 43.2 Å². The smallest absolute Gasteiger partial charge is 0.167 e. The lowest BCUT2D eigenvalue weighted by Gasteiger charge is -2.61. The zero-order chi connectivity index (χ0) is 35.1. The summed E-state index contributed by atoms with van der Waals surface area (Å²) in [6, 6.07) is 46.0. The van der Waals surface area contributed by atoms with E-state index in [4.69, 9.17) is 19.4 Å². The second kappa shape index (κ2) is 10.7. The largest absolute Gasteiger partial charge is 0.455 e. The van der Waals surface area contributed by atoms with Crippen molar-refractivity contribution in [2.45, 2.75) is 37.5 Å². The number of fused-ring (bicyclic) bond motifs is 9. The second-order valence-electron chi connectivity index (χ2n) is 16.4. The van der Waals surface area contributed by atoms with Crippen molar-refractivity contribution in [2.24, 2.45) is 23.7 Å². The number of hydrogen-bond donors (Lipinski definition) is 0. The van der Waals surface area contributed by atoms with Gasteiger partial charge in [-0.2, -0.15) is 0 Å². The third-order valence-electron chi connectivity index (χ3n) is 13.7. The van der Waals surface area contributed by atoms with Crippen LogP contribution in [0.15, 0.2) is 132 Å². The lowest BCUT2D eigenvalue weighted by atomic mass is 9.43. The van der Waals surface area contributed by atoms with Gasteiger partial charge in [0.1, 0.15) is 11.2 Å². The fourth-order valence-electron chi connectivity index (χ4n) is 11.8. The van der Waals surface area contributed by atoms with Crippen LogP contribution in [0, 0.1) is 23.7 Å². The number of hydrogen-bond acceptors (Lipinski definition) is 5. The molecular weight excluding hydrogens is 679 g/mol. The molecule has 0 saturated heterocycles. The minimum absolute atomic E-state index is 0.173. The first-order valence-electron chi connectivity index (χ1n) is 19.5. The molecule has 9 aromatic rings.